The minimum absolute atomic E-state index is 0.251. The van der Waals surface area contributed by atoms with E-state index in [4.69, 9.17) is 4.74 Å². The van der Waals surface area contributed by atoms with Gasteiger partial charge in [-0.1, -0.05) is 6.42 Å². The molecule has 25 heavy (non-hydrogen) atoms. The Hall–Kier alpha value is -0.460. The summed E-state index contributed by atoms with van der Waals surface area (Å²) in [4.78, 5) is 7.22. The Balaban J connectivity index is 1.55. The molecule has 5 nitrogen and oxygen atoms in total. The third-order valence-corrected chi connectivity index (χ3v) is 7.40. The summed E-state index contributed by atoms with van der Waals surface area (Å²) in [6.07, 6.45) is 12.4. The van der Waals surface area contributed by atoms with Crippen LogP contribution in [0.3, 0.4) is 0 Å². The third kappa shape index (κ3) is 5.04. The number of aliphatic imine (C=N–C) groups is 1. The molecule has 144 valence electrons. The fourth-order valence-electron chi connectivity index (χ4n) is 4.67. The smallest absolute Gasteiger partial charge is 0.191 e. The molecule has 0 aromatic heterocycles. The topological polar surface area (TPSA) is 48.9 Å². The van der Waals surface area contributed by atoms with Crippen LogP contribution in [0.15, 0.2) is 4.99 Å². The highest BCUT2D eigenvalue weighted by atomic mass is 32.2. The molecule has 0 radical (unpaired) electrons. The zero-order chi connectivity index (χ0) is 17.5. The van der Waals surface area contributed by atoms with Gasteiger partial charge in [0.25, 0.3) is 0 Å². The Morgan fingerprint density at radius 2 is 1.96 bits per heavy atom. The highest BCUT2D eigenvalue weighted by molar-refractivity contribution is 7.99. The van der Waals surface area contributed by atoms with Gasteiger partial charge in [0.15, 0.2) is 5.96 Å². The van der Waals surface area contributed by atoms with Gasteiger partial charge in [0.1, 0.15) is 0 Å². The quantitative estimate of drug-likeness (QED) is 0.577. The molecule has 0 aromatic carbocycles. The molecule has 1 aliphatic carbocycles. The number of likely N-dealkylation sites (tertiary alicyclic amines) is 1. The van der Waals surface area contributed by atoms with Crippen molar-refractivity contribution in [3.8, 4) is 0 Å². The van der Waals surface area contributed by atoms with Crippen LogP contribution in [0.25, 0.3) is 0 Å². The van der Waals surface area contributed by atoms with Gasteiger partial charge in [0.05, 0.1) is 0 Å². The third-order valence-electron chi connectivity index (χ3n) is 6.31. The Bertz CT molecular complexity index is 433. The van der Waals surface area contributed by atoms with E-state index in [0.717, 1.165) is 43.8 Å². The van der Waals surface area contributed by atoms with Crippen LogP contribution >= 0.6 is 11.8 Å². The number of nitrogens with one attached hydrogen (secondary N) is 2. The normalized spacial score (nSPS) is 31.0. The zero-order valence-corrected chi connectivity index (χ0v) is 16.9. The molecule has 2 N–H and O–H groups in total. The van der Waals surface area contributed by atoms with Crippen molar-refractivity contribution in [1.82, 2.24) is 15.5 Å². The predicted octanol–water partition coefficient (Wildman–Crippen LogP) is 2.47. The van der Waals surface area contributed by atoms with Crippen LogP contribution in [0.1, 0.15) is 51.4 Å². The summed E-state index contributed by atoms with van der Waals surface area (Å²) in [6, 6.07) is 0.565. The lowest BCUT2D eigenvalue weighted by atomic mass is 9.88. The summed E-state index contributed by atoms with van der Waals surface area (Å²) >= 11 is 2.02. The number of thioether (sulfide) groups is 1. The van der Waals surface area contributed by atoms with E-state index >= 15 is 0 Å². The maximum atomic E-state index is 5.66. The van der Waals surface area contributed by atoms with Crippen molar-refractivity contribution < 1.29 is 4.74 Å². The maximum absolute atomic E-state index is 5.66. The van der Waals surface area contributed by atoms with Gasteiger partial charge in [0, 0.05) is 43.6 Å². The Morgan fingerprint density at radius 1 is 1.20 bits per heavy atom. The first-order chi connectivity index (χ1) is 12.3. The van der Waals surface area contributed by atoms with Gasteiger partial charge in [-0.15, -0.1) is 0 Å². The second-order valence-corrected chi connectivity index (χ2v) is 8.96. The van der Waals surface area contributed by atoms with Crippen molar-refractivity contribution in [3.63, 3.8) is 0 Å². The van der Waals surface area contributed by atoms with Gasteiger partial charge >= 0.3 is 0 Å². The average molecular weight is 369 g/mol. The van der Waals surface area contributed by atoms with Gasteiger partial charge in [0.2, 0.25) is 0 Å². The molecule has 1 saturated carbocycles. The van der Waals surface area contributed by atoms with E-state index in [-0.39, 0.29) is 5.54 Å². The standard InChI is InChI=1S/C19H36N4OS/c1-20-18(22-16-6-5-7-17(14-16)25-2)21-15-19(8-12-24-13-9-19)23-10-3-4-11-23/h16-17H,3-15H2,1-2H3,(H2,20,21,22). The van der Waals surface area contributed by atoms with Gasteiger partial charge < -0.3 is 15.4 Å². The summed E-state index contributed by atoms with van der Waals surface area (Å²) in [5.74, 6) is 0.983. The molecule has 2 unspecified atom stereocenters. The van der Waals surface area contributed by atoms with Crippen molar-refractivity contribution in [1.29, 1.82) is 0 Å². The summed E-state index contributed by atoms with van der Waals surface area (Å²) in [7, 11) is 1.90. The molecule has 0 spiro atoms. The van der Waals surface area contributed by atoms with Crippen molar-refractivity contribution in [3.05, 3.63) is 0 Å². The SMILES string of the molecule is CN=C(NCC1(N2CCCC2)CCOCC1)NC1CCCC(SC)C1. The van der Waals surface area contributed by atoms with Gasteiger partial charge in [-0.3, -0.25) is 9.89 Å². The summed E-state index contributed by atoms with van der Waals surface area (Å²) < 4.78 is 5.66. The molecule has 2 saturated heterocycles. The molecule has 2 aliphatic heterocycles. The molecule has 3 aliphatic rings. The van der Waals surface area contributed by atoms with Crippen LogP contribution in [0.2, 0.25) is 0 Å². The van der Waals surface area contributed by atoms with Crippen LogP contribution in [0.5, 0.6) is 0 Å². The lowest BCUT2D eigenvalue weighted by molar-refractivity contribution is -0.0164. The van der Waals surface area contributed by atoms with E-state index in [1.165, 1.54) is 51.6 Å². The van der Waals surface area contributed by atoms with Gasteiger partial charge in [-0.2, -0.15) is 11.8 Å². The second kappa shape index (κ2) is 9.47. The molecule has 2 heterocycles. The van der Waals surface area contributed by atoms with E-state index in [1.54, 1.807) is 0 Å². The minimum atomic E-state index is 0.251. The molecule has 2 atom stereocenters. The maximum Gasteiger partial charge on any atom is 0.191 e. The molecule has 0 amide bonds. The van der Waals surface area contributed by atoms with Crippen LogP contribution in [-0.2, 0) is 4.74 Å². The summed E-state index contributed by atoms with van der Waals surface area (Å²) in [5, 5.41) is 8.17. The lowest BCUT2D eigenvalue weighted by Crippen LogP contribution is -2.59. The second-order valence-electron chi connectivity index (χ2n) is 7.82. The van der Waals surface area contributed by atoms with Gasteiger partial charge in [-0.05, 0) is 64.3 Å². The first-order valence-electron chi connectivity index (χ1n) is 10.1. The highest BCUT2D eigenvalue weighted by Crippen LogP contribution is 2.31. The number of hydrogen-bond acceptors (Lipinski definition) is 4. The minimum Gasteiger partial charge on any atom is -0.381 e. The van der Waals surface area contributed by atoms with E-state index < -0.39 is 0 Å². The van der Waals surface area contributed by atoms with Crippen molar-refractivity contribution in [2.24, 2.45) is 4.99 Å². The van der Waals surface area contributed by atoms with Crippen LogP contribution in [-0.4, -0.2) is 73.8 Å². The molecule has 6 heteroatoms. The molecular weight excluding hydrogens is 332 g/mol. The van der Waals surface area contributed by atoms with Crippen LogP contribution < -0.4 is 10.6 Å². The van der Waals surface area contributed by atoms with Crippen molar-refractivity contribution >= 4 is 17.7 Å². The number of ether oxygens (including phenoxy) is 1. The molecular formula is C19H36N4OS. The molecule has 0 bridgehead atoms. The number of nitrogens with zero attached hydrogens (tertiary/aromatic N) is 2. The van der Waals surface area contributed by atoms with E-state index in [9.17, 15) is 0 Å². The van der Waals surface area contributed by atoms with Crippen LogP contribution in [0, 0.1) is 0 Å². The number of rotatable bonds is 5. The van der Waals surface area contributed by atoms with Gasteiger partial charge in [-0.25, -0.2) is 0 Å². The fourth-order valence-corrected chi connectivity index (χ4v) is 5.50. The molecule has 0 aromatic rings. The van der Waals surface area contributed by atoms with Crippen LogP contribution in [0.4, 0.5) is 0 Å². The summed E-state index contributed by atoms with van der Waals surface area (Å²) in [6.45, 7) is 5.25. The Labute approximate surface area is 157 Å². The van der Waals surface area contributed by atoms with Crippen molar-refractivity contribution in [2.45, 2.75) is 68.2 Å². The molecule has 3 fully saturated rings. The number of guanidine groups is 1. The van der Waals surface area contributed by atoms with E-state index in [1.807, 2.05) is 18.8 Å². The lowest BCUT2D eigenvalue weighted by Gasteiger charge is -2.45. The summed E-state index contributed by atoms with van der Waals surface area (Å²) in [5.41, 5.74) is 0.251. The fraction of sp³-hybridized carbons (Fsp3) is 0.947. The monoisotopic (exact) mass is 368 g/mol. The van der Waals surface area contributed by atoms with E-state index in [0.29, 0.717) is 6.04 Å². The Morgan fingerprint density at radius 3 is 2.64 bits per heavy atom. The zero-order valence-electron chi connectivity index (χ0n) is 16.1. The average Bonchev–Trinajstić information content (AvgIpc) is 3.21. The highest BCUT2D eigenvalue weighted by Gasteiger charge is 2.39. The predicted molar refractivity (Wildman–Crippen MR) is 108 cm³/mol. The number of hydrogen-bond donors (Lipinski definition) is 2. The Kier molecular flexibility index (Phi) is 7.31. The first kappa shape index (κ1) is 19.3. The van der Waals surface area contributed by atoms with E-state index in [2.05, 4.69) is 26.8 Å². The van der Waals surface area contributed by atoms with Crippen molar-refractivity contribution in [2.75, 3.05) is 46.2 Å². The largest absolute Gasteiger partial charge is 0.381 e. The first-order valence-corrected chi connectivity index (χ1v) is 11.4. The molecule has 3 rings (SSSR count).